The highest BCUT2D eigenvalue weighted by atomic mass is 32.2. The summed E-state index contributed by atoms with van der Waals surface area (Å²) in [5.41, 5.74) is 0.108. The molecular weight excluding hydrogens is 368 g/mol. The lowest BCUT2D eigenvalue weighted by molar-refractivity contribution is -0.137. The first-order valence-corrected chi connectivity index (χ1v) is 11.3. The van der Waals surface area contributed by atoms with E-state index < -0.39 is 10.0 Å². The van der Waals surface area contributed by atoms with Crippen molar-refractivity contribution in [3.05, 3.63) is 18.2 Å². The van der Waals surface area contributed by atoms with Gasteiger partial charge in [0, 0.05) is 37.8 Å². The van der Waals surface area contributed by atoms with E-state index in [4.69, 9.17) is 14.2 Å². The van der Waals surface area contributed by atoms with Crippen LogP contribution >= 0.6 is 0 Å². The maximum Gasteiger partial charge on any atom is 0.243 e. The van der Waals surface area contributed by atoms with Crippen LogP contribution < -0.4 is 14.8 Å². The molecule has 3 heterocycles. The lowest BCUT2D eigenvalue weighted by atomic mass is 9.74. The summed E-state index contributed by atoms with van der Waals surface area (Å²) in [5.74, 6) is 1.11. The van der Waals surface area contributed by atoms with E-state index in [2.05, 4.69) is 5.32 Å². The van der Waals surface area contributed by atoms with Gasteiger partial charge in [0.2, 0.25) is 10.0 Å². The van der Waals surface area contributed by atoms with Crippen LogP contribution in [0.3, 0.4) is 0 Å². The molecule has 5 rings (SSSR count). The van der Waals surface area contributed by atoms with Crippen LogP contribution in [0.4, 0.5) is 0 Å². The molecule has 1 spiro atoms. The van der Waals surface area contributed by atoms with Crippen LogP contribution in [0.15, 0.2) is 23.1 Å². The maximum absolute atomic E-state index is 12.9. The van der Waals surface area contributed by atoms with Crippen molar-refractivity contribution in [2.75, 3.05) is 32.9 Å². The Labute approximate surface area is 160 Å². The molecule has 1 aliphatic carbocycles. The molecule has 1 N–H and O–H groups in total. The fraction of sp³-hybridized carbons (Fsp3) is 0.684. The van der Waals surface area contributed by atoms with Crippen LogP contribution in [0.1, 0.15) is 32.1 Å². The summed E-state index contributed by atoms with van der Waals surface area (Å²) in [6.45, 7) is 2.77. The van der Waals surface area contributed by atoms with Gasteiger partial charge in [-0.25, -0.2) is 8.42 Å². The van der Waals surface area contributed by atoms with Gasteiger partial charge in [0.05, 0.1) is 10.5 Å². The number of rotatable bonds is 4. The average Bonchev–Trinajstić information content (AvgIpc) is 2.62. The number of hydrogen-bond acceptors (Lipinski definition) is 6. The van der Waals surface area contributed by atoms with E-state index in [1.165, 1.54) is 23.6 Å². The van der Waals surface area contributed by atoms with Crippen molar-refractivity contribution < 1.29 is 22.6 Å². The molecule has 1 aromatic rings. The number of hydrogen-bond donors (Lipinski definition) is 1. The van der Waals surface area contributed by atoms with Crippen LogP contribution in [0.5, 0.6) is 11.5 Å². The van der Waals surface area contributed by atoms with Gasteiger partial charge in [-0.15, -0.1) is 0 Å². The normalized spacial score (nSPS) is 27.8. The van der Waals surface area contributed by atoms with Gasteiger partial charge in [-0.05, 0) is 44.2 Å². The van der Waals surface area contributed by atoms with Crippen LogP contribution in [0.2, 0.25) is 0 Å². The van der Waals surface area contributed by atoms with Gasteiger partial charge >= 0.3 is 0 Å². The molecule has 0 radical (unpaired) electrons. The first kappa shape index (κ1) is 17.7. The quantitative estimate of drug-likeness (QED) is 0.835. The summed E-state index contributed by atoms with van der Waals surface area (Å²) in [4.78, 5) is 0.268. The Hall–Kier alpha value is -1.35. The summed E-state index contributed by atoms with van der Waals surface area (Å²) in [6.07, 6.45) is 5.66. The number of benzene rings is 1. The second kappa shape index (κ2) is 6.62. The van der Waals surface area contributed by atoms with Crippen molar-refractivity contribution in [1.29, 1.82) is 0 Å². The highest BCUT2D eigenvalue weighted by Crippen LogP contribution is 2.42. The first-order chi connectivity index (χ1) is 13.0. The molecule has 0 aromatic heterocycles. The van der Waals surface area contributed by atoms with Gasteiger partial charge in [0.25, 0.3) is 0 Å². The number of fused-ring (bicyclic) bond motifs is 1. The molecule has 0 bridgehead atoms. The van der Waals surface area contributed by atoms with Crippen molar-refractivity contribution in [3.63, 3.8) is 0 Å². The molecule has 0 unspecified atom stereocenters. The third-order valence-corrected chi connectivity index (χ3v) is 8.06. The lowest BCUT2D eigenvalue weighted by Gasteiger charge is -2.49. The van der Waals surface area contributed by atoms with Crippen molar-refractivity contribution >= 4 is 10.0 Å². The average molecular weight is 394 g/mol. The summed E-state index contributed by atoms with van der Waals surface area (Å²) < 4.78 is 44.3. The summed E-state index contributed by atoms with van der Waals surface area (Å²) in [7, 11) is -3.49. The molecule has 8 heteroatoms. The van der Waals surface area contributed by atoms with Crippen LogP contribution in [0.25, 0.3) is 0 Å². The van der Waals surface area contributed by atoms with Gasteiger partial charge in [-0.3, -0.25) is 0 Å². The van der Waals surface area contributed by atoms with E-state index in [-0.39, 0.29) is 16.5 Å². The zero-order valence-electron chi connectivity index (χ0n) is 15.4. The zero-order chi connectivity index (χ0) is 18.5. The van der Waals surface area contributed by atoms with E-state index in [0.717, 1.165) is 19.4 Å². The van der Waals surface area contributed by atoms with E-state index in [0.29, 0.717) is 43.8 Å². The minimum atomic E-state index is -3.49. The maximum atomic E-state index is 12.9. The Kier molecular flexibility index (Phi) is 4.34. The van der Waals surface area contributed by atoms with Gasteiger partial charge < -0.3 is 19.5 Å². The zero-order valence-corrected chi connectivity index (χ0v) is 16.2. The van der Waals surface area contributed by atoms with Gasteiger partial charge in [0.15, 0.2) is 11.5 Å². The van der Waals surface area contributed by atoms with Crippen molar-refractivity contribution in [2.24, 2.45) is 0 Å². The highest BCUT2D eigenvalue weighted by molar-refractivity contribution is 7.89. The minimum absolute atomic E-state index is 0.108. The molecule has 1 saturated carbocycles. The Bertz CT molecular complexity index is 817. The third kappa shape index (κ3) is 3.22. The number of sulfonamides is 1. The fourth-order valence-electron chi connectivity index (χ4n) is 4.50. The first-order valence-electron chi connectivity index (χ1n) is 9.84. The predicted octanol–water partition coefficient (Wildman–Crippen LogP) is 1.52. The summed E-state index contributed by atoms with van der Waals surface area (Å²) >= 11 is 0. The molecule has 1 aromatic carbocycles. The summed E-state index contributed by atoms with van der Waals surface area (Å²) in [5, 5.41) is 3.65. The molecule has 7 nitrogen and oxygen atoms in total. The largest absolute Gasteiger partial charge is 0.486 e. The third-order valence-electron chi connectivity index (χ3n) is 6.23. The fourth-order valence-corrected chi connectivity index (χ4v) is 6.04. The molecule has 4 aliphatic rings. The predicted molar refractivity (Wildman–Crippen MR) is 98.7 cm³/mol. The van der Waals surface area contributed by atoms with Crippen molar-refractivity contribution in [2.45, 2.75) is 54.7 Å². The van der Waals surface area contributed by atoms with Crippen molar-refractivity contribution in [3.8, 4) is 11.5 Å². The van der Waals surface area contributed by atoms with Gasteiger partial charge in [0.1, 0.15) is 13.2 Å². The Morgan fingerprint density at radius 1 is 1.04 bits per heavy atom. The smallest absolute Gasteiger partial charge is 0.243 e. The SMILES string of the molecule is O=S(=O)(c1ccc2c(c1)OCCO2)N1CC(N[C@H]2CCOC3(CCC3)C2)C1. The number of nitrogens with zero attached hydrogens (tertiary/aromatic N) is 1. The van der Waals surface area contributed by atoms with Crippen LogP contribution in [-0.4, -0.2) is 63.3 Å². The molecular formula is C19H26N2O5S. The highest BCUT2D eigenvalue weighted by Gasteiger charge is 2.44. The molecule has 27 heavy (non-hydrogen) atoms. The minimum Gasteiger partial charge on any atom is -0.486 e. The van der Waals surface area contributed by atoms with E-state index >= 15 is 0 Å². The van der Waals surface area contributed by atoms with E-state index in [1.807, 2.05) is 0 Å². The topological polar surface area (TPSA) is 77.1 Å². The second-order valence-electron chi connectivity index (χ2n) is 8.07. The molecule has 0 amide bonds. The molecule has 2 saturated heterocycles. The molecule has 3 aliphatic heterocycles. The standard InChI is InChI=1S/C19H26N2O5S/c22-27(23,16-2-3-17-18(10-16)25-9-8-24-17)21-12-15(13-21)20-14-4-7-26-19(11-14)5-1-6-19/h2-3,10,14-15,20H,1,4-9,11-13H2/t14-/m0/s1. The van der Waals surface area contributed by atoms with Gasteiger partial charge in [-0.1, -0.05) is 0 Å². The molecule has 148 valence electrons. The van der Waals surface area contributed by atoms with Crippen molar-refractivity contribution in [1.82, 2.24) is 9.62 Å². The van der Waals surface area contributed by atoms with Gasteiger partial charge in [-0.2, -0.15) is 4.31 Å². The summed E-state index contributed by atoms with van der Waals surface area (Å²) in [6, 6.07) is 5.50. The monoisotopic (exact) mass is 394 g/mol. The second-order valence-corrected chi connectivity index (χ2v) is 10.0. The van der Waals surface area contributed by atoms with E-state index in [9.17, 15) is 8.42 Å². The Morgan fingerprint density at radius 3 is 2.56 bits per heavy atom. The Morgan fingerprint density at radius 2 is 1.81 bits per heavy atom. The Balaban J connectivity index is 1.20. The lowest BCUT2D eigenvalue weighted by Crippen LogP contribution is -2.63. The number of nitrogens with one attached hydrogen (secondary N) is 1. The van der Waals surface area contributed by atoms with E-state index in [1.54, 1.807) is 18.2 Å². The molecule has 1 atom stereocenters. The van der Waals surface area contributed by atoms with Crippen LogP contribution in [0, 0.1) is 0 Å². The van der Waals surface area contributed by atoms with Crippen LogP contribution in [-0.2, 0) is 14.8 Å². The molecule has 3 fully saturated rings. The number of ether oxygens (including phenoxy) is 3.